The van der Waals surface area contributed by atoms with Crippen molar-refractivity contribution in [2.45, 2.75) is 11.7 Å². The van der Waals surface area contributed by atoms with Crippen molar-refractivity contribution < 1.29 is 14.3 Å². The van der Waals surface area contributed by atoms with E-state index in [2.05, 4.69) is 10.3 Å². The molecule has 2 bridgehead atoms. The number of carbonyl (C=O) groups is 2. The maximum Gasteiger partial charge on any atom is 0.234 e. The summed E-state index contributed by atoms with van der Waals surface area (Å²) in [5, 5.41) is 5.15. The van der Waals surface area contributed by atoms with Crippen molar-refractivity contribution in [1.29, 1.82) is 0 Å². The second kappa shape index (κ2) is 5.24. The zero-order chi connectivity index (χ0) is 17.0. The van der Waals surface area contributed by atoms with E-state index in [-0.39, 0.29) is 17.9 Å². The number of para-hydroxylation sites is 1. The molecule has 4 atom stereocenters. The van der Waals surface area contributed by atoms with Gasteiger partial charge in [-0.2, -0.15) is 0 Å². The molecule has 1 N–H and O–H groups in total. The Hall–Kier alpha value is -2.51. The van der Waals surface area contributed by atoms with Crippen LogP contribution in [-0.4, -0.2) is 35.0 Å². The van der Waals surface area contributed by atoms with Gasteiger partial charge in [-0.15, -0.1) is 11.3 Å². The quantitative estimate of drug-likeness (QED) is 0.858. The van der Waals surface area contributed by atoms with Crippen LogP contribution >= 0.6 is 11.3 Å². The molecule has 2 aromatic rings. The topological polar surface area (TPSA) is 71.5 Å². The number of aromatic nitrogens is 1. The first kappa shape index (κ1) is 14.8. The van der Waals surface area contributed by atoms with Crippen LogP contribution in [0.25, 0.3) is 0 Å². The monoisotopic (exact) mass is 353 g/mol. The van der Waals surface area contributed by atoms with E-state index in [4.69, 9.17) is 4.74 Å². The minimum absolute atomic E-state index is 0.0580. The number of hydrogen-bond acceptors (Lipinski definition) is 5. The maximum atomic E-state index is 13.1. The first-order valence-corrected chi connectivity index (χ1v) is 9.00. The molecule has 3 aliphatic rings. The number of anilines is 2. The average molecular weight is 353 g/mol. The summed E-state index contributed by atoms with van der Waals surface area (Å²) in [5.41, 5.74) is 0.124. The lowest BCUT2D eigenvalue weighted by Crippen LogP contribution is -2.41. The lowest BCUT2D eigenvalue weighted by Gasteiger charge is -2.22. The van der Waals surface area contributed by atoms with E-state index in [1.54, 1.807) is 16.5 Å². The summed E-state index contributed by atoms with van der Waals surface area (Å²) in [4.78, 5) is 31.7. The lowest BCUT2D eigenvalue weighted by molar-refractivity contribution is -0.128. The molecule has 1 spiro atoms. The van der Waals surface area contributed by atoms with E-state index < -0.39 is 17.4 Å². The largest absolute Gasteiger partial charge is 0.360 e. The number of carbonyl (C=O) groups excluding carboxylic acids is 2. The molecule has 0 aliphatic carbocycles. The number of ether oxygens (including phenoxy) is 1. The second-order valence-electron chi connectivity index (χ2n) is 6.49. The summed E-state index contributed by atoms with van der Waals surface area (Å²) in [6.45, 7) is 0.439. The van der Waals surface area contributed by atoms with Gasteiger partial charge in [-0.1, -0.05) is 30.4 Å². The van der Waals surface area contributed by atoms with Gasteiger partial charge in [0.1, 0.15) is 5.60 Å². The fraction of sp³-hybridized carbons (Fsp3) is 0.278. The summed E-state index contributed by atoms with van der Waals surface area (Å²) in [6, 6.07) is 9.51. The third-order valence-electron chi connectivity index (χ3n) is 5.13. The Labute approximate surface area is 148 Å². The number of hydrogen-bond donors (Lipinski definition) is 1. The highest BCUT2D eigenvalue weighted by Gasteiger charge is 2.67. The van der Waals surface area contributed by atoms with Gasteiger partial charge in [0.25, 0.3) is 0 Å². The van der Waals surface area contributed by atoms with Gasteiger partial charge in [-0.25, -0.2) is 4.98 Å². The van der Waals surface area contributed by atoms with E-state index >= 15 is 0 Å². The van der Waals surface area contributed by atoms with Gasteiger partial charge in [0.2, 0.25) is 11.8 Å². The Kier molecular flexibility index (Phi) is 3.10. The van der Waals surface area contributed by atoms with E-state index in [0.29, 0.717) is 11.7 Å². The minimum atomic E-state index is -0.706. The molecule has 2 fully saturated rings. The smallest absolute Gasteiger partial charge is 0.234 e. The highest BCUT2D eigenvalue weighted by atomic mass is 32.1. The number of benzene rings is 1. The maximum absolute atomic E-state index is 13.1. The Bertz CT molecular complexity index is 867. The van der Waals surface area contributed by atoms with E-state index in [9.17, 15) is 9.59 Å². The zero-order valence-electron chi connectivity index (χ0n) is 13.2. The fourth-order valence-electron chi connectivity index (χ4n) is 4.10. The first-order valence-electron chi connectivity index (χ1n) is 8.12. The predicted molar refractivity (Wildman–Crippen MR) is 93.3 cm³/mol. The standard InChI is InChI=1S/C18H15N3O3S/c22-15(20-17-19-8-9-25-17)13-12-6-7-18(24-12)10-21(16(23)14(13)18)11-4-2-1-3-5-11/h1-9,12-14H,10H2,(H,19,20,22)/t12-,13+,14-,18+/m1/s1. The predicted octanol–water partition coefficient (Wildman–Crippen LogP) is 2.07. The molecule has 2 amide bonds. The van der Waals surface area contributed by atoms with Crippen molar-refractivity contribution in [3.63, 3.8) is 0 Å². The van der Waals surface area contributed by atoms with Crippen LogP contribution < -0.4 is 10.2 Å². The molecule has 1 aromatic carbocycles. The Morgan fingerprint density at radius 1 is 1.36 bits per heavy atom. The molecule has 4 heterocycles. The number of nitrogens with zero attached hydrogens (tertiary/aromatic N) is 2. The average Bonchev–Trinajstić information content (AvgIpc) is 3.38. The molecule has 25 heavy (non-hydrogen) atoms. The van der Waals surface area contributed by atoms with Gasteiger partial charge < -0.3 is 15.0 Å². The third-order valence-corrected chi connectivity index (χ3v) is 5.82. The van der Waals surface area contributed by atoms with Crippen molar-refractivity contribution in [3.8, 4) is 0 Å². The zero-order valence-corrected chi connectivity index (χ0v) is 14.0. The van der Waals surface area contributed by atoms with Crippen LogP contribution in [-0.2, 0) is 14.3 Å². The highest BCUT2D eigenvalue weighted by molar-refractivity contribution is 7.13. The molecule has 0 unspecified atom stereocenters. The van der Waals surface area contributed by atoms with E-state index in [0.717, 1.165) is 5.69 Å². The van der Waals surface area contributed by atoms with E-state index in [1.807, 2.05) is 42.5 Å². The van der Waals surface area contributed by atoms with Crippen LogP contribution in [0.1, 0.15) is 0 Å². The summed E-state index contributed by atoms with van der Waals surface area (Å²) < 4.78 is 6.11. The van der Waals surface area contributed by atoms with Crippen LogP contribution in [0, 0.1) is 11.8 Å². The summed E-state index contributed by atoms with van der Waals surface area (Å²) in [5.74, 6) is -1.30. The molecule has 3 aliphatic heterocycles. The molecular formula is C18H15N3O3S. The van der Waals surface area contributed by atoms with E-state index in [1.165, 1.54) is 11.3 Å². The third kappa shape index (κ3) is 2.09. The highest BCUT2D eigenvalue weighted by Crippen LogP contribution is 2.52. The molecule has 0 radical (unpaired) electrons. The van der Waals surface area contributed by atoms with Crippen LogP contribution in [0.2, 0.25) is 0 Å². The van der Waals surface area contributed by atoms with Gasteiger partial charge >= 0.3 is 0 Å². The van der Waals surface area contributed by atoms with Gasteiger partial charge in [0.05, 0.1) is 24.5 Å². The van der Waals surface area contributed by atoms with Crippen molar-refractivity contribution in [2.75, 3.05) is 16.8 Å². The fourth-order valence-corrected chi connectivity index (χ4v) is 4.63. The normalized spacial score (nSPS) is 32.2. The summed E-state index contributed by atoms with van der Waals surface area (Å²) in [6.07, 6.45) is 5.14. The molecule has 6 nitrogen and oxygen atoms in total. The van der Waals surface area contributed by atoms with Crippen LogP contribution in [0.5, 0.6) is 0 Å². The van der Waals surface area contributed by atoms with Gasteiger partial charge in [-0.3, -0.25) is 9.59 Å². The molecule has 0 saturated carbocycles. The van der Waals surface area contributed by atoms with Crippen molar-refractivity contribution in [2.24, 2.45) is 11.8 Å². The lowest BCUT2D eigenvalue weighted by atomic mass is 9.77. The molecular weight excluding hydrogens is 338 g/mol. The summed E-state index contributed by atoms with van der Waals surface area (Å²) >= 11 is 1.35. The molecule has 7 heteroatoms. The molecule has 2 saturated heterocycles. The number of rotatable bonds is 3. The number of fused-ring (bicyclic) bond motifs is 1. The van der Waals surface area contributed by atoms with Crippen molar-refractivity contribution in [1.82, 2.24) is 4.98 Å². The Balaban J connectivity index is 1.47. The first-order chi connectivity index (χ1) is 12.2. The second-order valence-corrected chi connectivity index (χ2v) is 7.38. The van der Waals surface area contributed by atoms with Crippen molar-refractivity contribution in [3.05, 3.63) is 54.1 Å². The summed E-state index contributed by atoms with van der Waals surface area (Å²) in [7, 11) is 0. The molecule has 5 rings (SSSR count). The Morgan fingerprint density at radius 2 is 2.20 bits per heavy atom. The number of amides is 2. The van der Waals surface area contributed by atoms with Crippen LogP contribution in [0.4, 0.5) is 10.8 Å². The minimum Gasteiger partial charge on any atom is -0.360 e. The molecule has 126 valence electrons. The van der Waals surface area contributed by atoms with Gasteiger partial charge in [0.15, 0.2) is 5.13 Å². The SMILES string of the molecule is O=C(Nc1nccs1)[C@H]1[C@H]2C=C[C@@]3(CN(c4ccccc4)C(=O)[C@@H]13)O2. The Morgan fingerprint density at radius 3 is 2.96 bits per heavy atom. The number of thiazole rings is 1. The molecule has 1 aromatic heterocycles. The number of nitrogens with one attached hydrogen (secondary N) is 1. The van der Waals surface area contributed by atoms with Gasteiger partial charge in [0, 0.05) is 17.3 Å². The van der Waals surface area contributed by atoms with Crippen LogP contribution in [0.15, 0.2) is 54.1 Å². The van der Waals surface area contributed by atoms with Crippen molar-refractivity contribution >= 4 is 34.0 Å². The van der Waals surface area contributed by atoms with Gasteiger partial charge in [-0.05, 0) is 12.1 Å². The van der Waals surface area contributed by atoms with Crippen LogP contribution in [0.3, 0.4) is 0 Å².